The number of alkyl halides is 3. The van der Waals surface area contributed by atoms with Crippen LogP contribution in [-0.4, -0.2) is 29.0 Å². The van der Waals surface area contributed by atoms with Crippen LogP contribution in [0.1, 0.15) is 24.0 Å². The zero-order chi connectivity index (χ0) is 20.3. The maximum atomic E-state index is 12.8. The van der Waals surface area contributed by atoms with E-state index in [9.17, 15) is 23.3 Å². The predicted octanol–water partition coefficient (Wildman–Crippen LogP) is 3.96. The van der Waals surface area contributed by atoms with Crippen LogP contribution in [0, 0.1) is 21.4 Å². The summed E-state index contributed by atoms with van der Waals surface area (Å²) in [4.78, 5) is 16.6. The summed E-state index contributed by atoms with van der Waals surface area (Å²) < 4.78 is 38.4. The minimum Gasteiger partial charge on any atom is -0.377 e. The lowest BCUT2D eigenvalue weighted by Crippen LogP contribution is -2.39. The number of nitro groups is 1. The molecule has 0 bridgehead atoms. The summed E-state index contributed by atoms with van der Waals surface area (Å²) in [7, 11) is 0. The Morgan fingerprint density at radius 2 is 1.96 bits per heavy atom. The summed E-state index contributed by atoms with van der Waals surface area (Å²) in [5.74, 6) is 0.734. The lowest BCUT2D eigenvalue weighted by atomic mass is 10.0. The Hall–Kier alpha value is -3.35. The lowest BCUT2D eigenvalue weighted by Gasteiger charge is -2.33. The van der Waals surface area contributed by atoms with Crippen molar-refractivity contribution in [1.29, 1.82) is 5.26 Å². The van der Waals surface area contributed by atoms with Gasteiger partial charge in [-0.3, -0.25) is 10.1 Å². The van der Waals surface area contributed by atoms with E-state index >= 15 is 0 Å². The molecular weight excluding hydrogens is 375 g/mol. The molecule has 1 aliphatic heterocycles. The SMILES string of the molecule is N#Cc1ccc(N2CCC(Nc3ccc(C(F)(F)F)cc3[N+](=O)[O-])CC2)nc1. The van der Waals surface area contributed by atoms with Crippen LogP contribution >= 0.6 is 0 Å². The van der Waals surface area contributed by atoms with Crippen molar-refractivity contribution < 1.29 is 18.1 Å². The third-order valence-electron chi connectivity index (χ3n) is 4.58. The zero-order valence-corrected chi connectivity index (χ0v) is 14.6. The van der Waals surface area contributed by atoms with E-state index < -0.39 is 22.4 Å². The highest BCUT2D eigenvalue weighted by Crippen LogP contribution is 2.35. The van der Waals surface area contributed by atoms with Crippen LogP contribution in [0.4, 0.5) is 30.4 Å². The van der Waals surface area contributed by atoms with Crippen LogP contribution in [0.3, 0.4) is 0 Å². The van der Waals surface area contributed by atoms with Gasteiger partial charge >= 0.3 is 6.18 Å². The van der Waals surface area contributed by atoms with Gasteiger partial charge in [-0.25, -0.2) is 4.98 Å². The number of halogens is 3. The van der Waals surface area contributed by atoms with Gasteiger partial charge in [0, 0.05) is 31.4 Å². The molecule has 0 radical (unpaired) electrons. The number of benzene rings is 1. The third kappa shape index (κ3) is 4.31. The van der Waals surface area contributed by atoms with Crippen molar-refractivity contribution >= 4 is 17.2 Å². The molecule has 0 aliphatic carbocycles. The minimum absolute atomic E-state index is 0.0768. The second kappa shape index (κ2) is 7.72. The van der Waals surface area contributed by atoms with E-state index in [1.807, 2.05) is 11.0 Å². The van der Waals surface area contributed by atoms with Gasteiger partial charge in [-0.15, -0.1) is 0 Å². The Balaban J connectivity index is 1.67. The van der Waals surface area contributed by atoms with Crippen LogP contribution < -0.4 is 10.2 Å². The summed E-state index contributed by atoms with van der Waals surface area (Å²) >= 11 is 0. The first-order valence-electron chi connectivity index (χ1n) is 8.51. The molecule has 3 rings (SSSR count). The average Bonchev–Trinajstić information content (AvgIpc) is 2.68. The quantitative estimate of drug-likeness (QED) is 0.626. The van der Waals surface area contributed by atoms with Gasteiger partial charge < -0.3 is 10.2 Å². The average molecular weight is 391 g/mol. The highest BCUT2D eigenvalue weighted by atomic mass is 19.4. The maximum Gasteiger partial charge on any atom is 0.416 e. The van der Waals surface area contributed by atoms with E-state index in [-0.39, 0.29) is 11.7 Å². The molecule has 2 heterocycles. The number of anilines is 2. The fourth-order valence-electron chi connectivity index (χ4n) is 3.09. The molecule has 2 aromatic rings. The fraction of sp³-hybridized carbons (Fsp3) is 0.333. The monoisotopic (exact) mass is 391 g/mol. The lowest BCUT2D eigenvalue weighted by molar-refractivity contribution is -0.384. The zero-order valence-electron chi connectivity index (χ0n) is 14.6. The van der Waals surface area contributed by atoms with Crippen LogP contribution in [0.5, 0.6) is 0 Å². The molecule has 1 N–H and O–H groups in total. The Kier molecular flexibility index (Phi) is 5.35. The molecule has 0 saturated carbocycles. The van der Waals surface area contributed by atoms with Gasteiger partial charge in [0.2, 0.25) is 0 Å². The van der Waals surface area contributed by atoms with Crippen molar-refractivity contribution in [3.05, 3.63) is 57.8 Å². The van der Waals surface area contributed by atoms with E-state index in [2.05, 4.69) is 10.3 Å². The first-order chi connectivity index (χ1) is 13.3. The Morgan fingerprint density at radius 1 is 1.25 bits per heavy atom. The molecule has 1 saturated heterocycles. The number of nitriles is 1. The van der Waals surface area contributed by atoms with E-state index in [4.69, 9.17) is 5.26 Å². The van der Waals surface area contributed by atoms with Crippen LogP contribution in [0.25, 0.3) is 0 Å². The second-order valence-electron chi connectivity index (χ2n) is 6.41. The first kappa shape index (κ1) is 19.4. The molecule has 146 valence electrons. The van der Waals surface area contributed by atoms with Gasteiger partial charge in [-0.05, 0) is 37.1 Å². The molecule has 1 aromatic carbocycles. The van der Waals surface area contributed by atoms with Crippen molar-refractivity contribution in [2.75, 3.05) is 23.3 Å². The van der Waals surface area contributed by atoms with Gasteiger partial charge in [0.05, 0.1) is 16.1 Å². The number of piperidine rings is 1. The first-order valence-corrected chi connectivity index (χ1v) is 8.51. The molecule has 1 aromatic heterocycles. The van der Waals surface area contributed by atoms with E-state index in [1.165, 1.54) is 6.20 Å². The van der Waals surface area contributed by atoms with Crippen LogP contribution in [0.2, 0.25) is 0 Å². The van der Waals surface area contributed by atoms with E-state index in [0.29, 0.717) is 37.6 Å². The van der Waals surface area contributed by atoms with E-state index in [0.717, 1.165) is 18.0 Å². The minimum atomic E-state index is -4.64. The topological polar surface area (TPSA) is 95.1 Å². The molecule has 0 spiro atoms. The predicted molar refractivity (Wildman–Crippen MR) is 95.9 cm³/mol. The van der Waals surface area contributed by atoms with Gasteiger partial charge in [-0.2, -0.15) is 18.4 Å². The summed E-state index contributed by atoms with van der Waals surface area (Å²) in [6, 6.07) is 7.83. The number of pyridine rings is 1. The molecule has 28 heavy (non-hydrogen) atoms. The normalized spacial score (nSPS) is 15.1. The number of nitrogens with zero attached hydrogens (tertiary/aromatic N) is 4. The Bertz CT molecular complexity index is 901. The van der Waals surface area contributed by atoms with Crippen LogP contribution in [0.15, 0.2) is 36.5 Å². The van der Waals surface area contributed by atoms with Crippen molar-refractivity contribution in [2.45, 2.75) is 25.1 Å². The van der Waals surface area contributed by atoms with Gasteiger partial charge in [0.15, 0.2) is 0 Å². The molecule has 0 unspecified atom stereocenters. The summed E-state index contributed by atoms with van der Waals surface area (Å²) in [6.45, 7) is 1.26. The number of hydrogen-bond donors (Lipinski definition) is 1. The number of aromatic nitrogens is 1. The third-order valence-corrected chi connectivity index (χ3v) is 4.58. The highest BCUT2D eigenvalue weighted by Gasteiger charge is 2.33. The van der Waals surface area contributed by atoms with Crippen molar-refractivity contribution in [3.8, 4) is 6.07 Å². The van der Waals surface area contributed by atoms with Gasteiger partial charge in [-0.1, -0.05) is 0 Å². The summed E-state index contributed by atoms with van der Waals surface area (Å²) in [6.07, 6.45) is -1.87. The number of nitrogens with one attached hydrogen (secondary N) is 1. The fourth-order valence-corrected chi connectivity index (χ4v) is 3.09. The molecule has 0 amide bonds. The van der Waals surface area contributed by atoms with Crippen LogP contribution in [-0.2, 0) is 6.18 Å². The number of nitro benzene ring substituents is 1. The van der Waals surface area contributed by atoms with Crippen molar-refractivity contribution in [1.82, 2.24) is 4.98 Å². The summed E-state index contributed by atoms with van der Waals surface area (Å²) in [5, 5.41) is 23.0. The molecule has 1 fully saturated rings. The van der Waals surface area contributed by atoms with Crippen molar-refractivity contribution in [3.63, 3.8) is 0 Å². The molecule has 10 heteroatoms. The largest absolute Gasteiger partial charge is 0.416 e. The smallest absolute Gasteiger partial charge is 0.377 e. The Labute approximate surface area is 158 Å². The number of rotatable bonds is 4. The Morgan fingerprint density at radius 3 is 2.50 bits per heavy atom. The molecule has 7 nitrogen and oxygen atoms in total. The standard InChI is InChI=1S/C18H16F3N5O2/c19-18(20,21)13-2-3-15(16(9-13)26(27)28)24-14-5-7-25(8-6-14)17-4-1-12(10-22)11-23-17/h1-4,9,11,14,24H,5-8H2. The van der Waals surface area contributed by atoms with Gasteiger partial charge in [0.25, 0.3) is 5.69 Å². The highest BCUT2D eigenvalue weighted by molar-refractivity contribution is 5.63. The molecular formula is C18H16F3N5O2. The molecule has 1 aliphatic rings. The van der Waals surface area contributed by atoms with E-state index in [1.54, 1.807) is 12.1 Å². The second-order valence-corrected chi connectivity index (χ2v) is 6.41. The number of hydrogen-bond acceptors (Lipinski definition) is 6. The maximum absolute atomic E-state index is 12.8. The van der Waals surface area contributed by atoms with Crippen molar-refractivity contribution in [2.24, 2.45) is 0 Å². The van der Waals surface area contributed by atoms with Gasteiger partial charge in [0.1, 0.15) is 17.6 Å². The summed E-state index contributed by atoms with van der Waals surface area (Å²) in [5.41, 5.74) is -1.10. The molecule has 0 atom stereocenters.